The lowest BCUT2D eigenvalue weighted by atomic mass is 10.0. The lowest BCUT2D eigenvalue weighted by Crippen LogP contribution is -2.48. The number of hydrogen-bond donors (Lipinski definition) is 0. The molecule has 0 aliphatic carbocycles. The van der Waals surface area contributed by atoms with Crippen molar-refractivity contribution in [3.63, 3.8) is 0 Å². The zero-order valence-corrected chi connectivity index (χ0v) is 16.5. The minimum Gasteiger partial charge on any atom is -0.490 e. The molecule has 26 heavy (non-hydrogen) atoms. The van der Waals surface area contributed by atoms with Crippen LogP contribution < -0.4 is 9.64 Å². The van der Waals surface area contributed by atoms with Crippen LogP contribution in [0.25, 0.3) is 0 Å². The van der Waals surface area contributed by atoms with Gasteiger partial charge in [-0.2, -0.15) is 4.31 Å². The smallest absolute Gasteiger partial charge is 0.211 e. The van der Waals surface area contributed by atoms with Gasteiger partial charge in [-0.05, 0) is 57.0 Å². The van der Waals surface area contributed by atoms with Gasteiger partial charge < -0.3 is 14.5 Å². The summed E-state index contributed by atoms with van der Waals surface area (Å²) in [5.74, 6) is 0.942. The highest BCUT2D eigenvalue weighted by Gasteiger charge is 2.39. The molecular weight excluding hydrogens is 350 g/mol. The van der Waals surface area contributed by atoms with Crippen LogP contribution in [-0.2, 0) is 10.0 Å². The molecule has 3 aliphatic heterocycles. The van der Waals surface area contributed by atoms with E-state index in [-0.39, 0.29) is 0 Å². The molecular formula is C19H29N3O3S. The van der Waals surface area contributed by atoms with Crippen LogP contribution in [0, 0.1) is 0 Å². The van der Waals surface area contributed by atoms with Crippen molar-refractivity contribution in [1.29, 1.82) is 0 Å². The van der Waals surface area contributed by atoms with E-state index in [1.807, 2.05) is 0 Å². The molecule has 0 spiro atoms. The molecule has 7 heteroatoms. The minimum absolute atomic E-state index is 0.327. The summed E-state index contributed by atoms with van der Waals surface area (Å²) in [5.41, 5.74) is 1.13. The number of piperazine rings is 1. The number of hydrogen-bond acceptors (Lipinski definition) is 5. The molecule has 0 N–H and O–H groups in total. The van der Waals surface area contributed by atoms with Gasteiger partial charge in [-0.15, -0.1) is 0 Å². The topological polar surface area (TPSA) is 53.1 Å². The first-order valence-corrected chi connectivity index (χ1v) is 11.4. The molecule has 3 aliphatic rings. The third-order valence-electron chi connectivity index (χ3n) is 6.27. The summed E-state index contributed by atoms with van der Waals surface area (Å²) in [6.07, 6.45) is 6.47. The zero-order valence-electron chi connectivity index (χ0n) is 15.7. The number of piperidine rings is 1. The first-order valence-electron chi connectivity index (χ1n) is 9.59. The number of sulfonamides is 1. The van der Waals surface area contributed by atoms with Crippen molar-refractivity contribution in [3.05, 3.63) is 24.3 Å². The van der Waals surface area contributed by atoms with Crippen molar-refractivity contribution in [3.8, 4) is 5.75 Å². The number of nitrogens with zero attached hydrogens (tertiary/aromatic N) is 3. The van der Waals surface area contributed by atoms with Gasteiger partial charge in [-0.25, -0.2) is 8.42 Å². The van der Waals surface area contributed by atoms with Crippen LogP contribution in [-0.4, -0.2) is 75.3 Å². The fourth-order valence-electron chi connectivity index (χ4n) is 4.66. The van der Waals surface area contributed by atoms with E-state index in [9.17, 15) is 8.42 Å². The van der Waals surface area contributed by atoms with Crippen LogP contribution in [0.5, 0.6) is 5.75 Å². The Kier molecular flexibility index (Phi) is 4.88. The maximum atomic E-state index is 11.6. The predicted octanol–water partition coefficient (Wildman–Crippen LogP) is 1.77. The Bertz CT molecular complexity index is 715. The standard InChI is InChI=1S/C19H29N3O3S/c1-20-16-3-4-17(20)14-19(13-16)25-18-7-5-15(6-8-18)21-9-11-22(12-10-21)26(2,23)24/h5-8,16-17,19H,3-4,9-14H2,1-2H3. The third-order valence-corrected chi connectivity index (χ3v) is 7.57. The molecule has 1 aromatic rings. The molecule has 1 aromatic carbocycles. The second-order valence-corrected chi connectivity index (χ2v) is 9.89. The van der Waals surface area contributed by atoms with Gasteiger partial charge in [0.2, 0.25) is 10.0 Å². The summed E-state index contributed by atoms with van der Waals surface area (Å²) in [6.45, 7) is 2.56. The Hall–Kier alpha value is -1.31. The van der Waals surface area contributed by atoms with Gasteiger partial charge in [0.15, 0.2) is 0 Å². The van der Waals surface area contributed by atoms with E-state index in [0.717, 1.165) is 37.4 Å². The molecule has 3 heterocycles. The van der Waals surface area contributed by atoms with Crippen LogP contribution in [0.2, 0.25) is 0 Å². The molecule has 3 saturated heterocycles. The zero-order chi connectivity index (χ0) is 18.3. The van der Waals surface area contributed by atoms with E-state index in [4.69, 9.17) is 4.74 Å². The van der Waals surface area contributed by atoms with Crippen LogP contribution >= 0.6 is 0 Å². The predicted molar refractivity (Wildman–Crippen MR) is 103 cm³/mol. The Balaban J connectivity index is 1.33. The van der Waals surface area contributed by atoms with Crippen LogP contribution in [0.3, 0.4) is 0 Å². The van der Waals surface area contributed by atoms with Gasteiger partial charge in [0, 0.05) is 44.0 Å². The molecule has 0 amide bonds. The Morgan fingerprint density at radius 2 is 1.54 bits per heavy atom. The van der Waals surface area contributed by atoms with Gasteiger partial charge in [0.1, 0.15) is 11.9 Å². The van der Waals surface area contributed by atoms with Gasteiger partial charge in [-0.1, -0.05) is 0 Å². The largest absolute Gasteiger partial charge is 0.490 e. The average Bonchev–Trinajstić information content (AvgIpc) is 2.83. The van der Waals surface area contributed by atoms with Gasteiger partial charge in [0.25, 0.3) is 0 Å². The summed E-state index contributed by atoms with van der Waals surface area (Å²) in [4.78, 5) is 4.76. The molecule has 0 aromatic heterocycles. The van der Waals surface area contributed by atoms with E-state index in [0.29, 0.717) is 31.3 Å². The summed E-state index contributed by atoms with van der Waals surface area (Å²) in [6, 6.07) is 9.66. The minimum atomic E-state index is -3.08. The monoisotopic (exact) mass is 379 g/mol. The fraction of sp³-hybridized carbons (Fsp3) is 0.684. The summed E-state index contributed by atoms with van der Waals surface area (Å²) in [5, 5.41) is 0. The second kappa shape index (κ2) is 7.02. The molecule has 2 bridgehead atoms. The highest BCUT2D eigenvalue weighted by Crippen LogP contribution is 2.36. The number of rotatable bonds is 4. The van der Waals surface area contributed by atoms with E-state index < -0.39 is 10.0 Å². The van der Waals surface area contributed by atoms with E-state index in [1.54, 1.807) is 4.31 Å². The summed E-state index contributed by atoms with van der Waals surface area (Å²) in [7, 11) is -0.832. The Morgan fingerprint density at radius 1 is 0.962 bits per heavy atom. The summed E-state index contributed by atoms with van der Waals surface area (Å²) >= 11 is 0. The van der Waals surface area contributed by atoms with Crippen molar-refractivity contribution in [2.24, 2.45) is 0 Å². The quantitative estimate of drug-likeness (QED) is 0.798. The molecule has 0 saturated carbocycles. The van der Waals surface area contributed by atoms with Crippen molar-refractivity contribution in [1.82, 2.24) is 9.21 Å². The van der Waals surface area contributed by atoms with Crippen molar-refractivity contribution >= 4 is 15.7 Å². The van der Waals surface area contributed by atoms with Crippen molar-refractivity contribution < 1.29 is 13.2 Å². The van der Waals surface area contributed by atoms with Gasteiger partial charge in [0.05, 0.1) is 6.26 Å². The third kappa shape index (κ3) is 3.70. The normalized spacial score (nSPS) is 30.5. The number of fused-ring (bicyclic) bond motifs is 2. The summed E-state index contributed by atoms with van der Waals surface area (Å²) < 4.78 is 31.1. The molecule has 3 fully saturated rings. The highest BCUT2D eigenvalue weighted by molar-refractivity contribution is 7.88. The first-order chi connectivity index (χ1) is 12.4. The molecule has 4 rings (SSSR count). The molecule has 144 valence electrons. The van der Waals surface area contributed by atoms with E-state index in [1.165, 1.54) is 19.1 Å². The van der Waals surface area contributed by atoms with Crippen LogP contribution in [0.4, 0.5) is 5.69 Å². The molecule has 0 radical (unpaired) electrons. The lowest BCUT2D eigenvalue weighted by molar-refractivity contribution is 0.0662. The molecule has 2 atom stereocenters. The number of ether oxygens (including phenoxy) is 1. The molecule has 2 unspecified atom stereocenters. The van der Waals surface area contributed by atoms with Crippen LogP contribution in [0.15, 0.2) is 24.3 Å². The molecule has 6 nitrogen and oxygen atoms in total. The lowest BCUT2D eigenvalue weighted by Gasteiger charge is -2.36. The van der Waals surface area contributed by atoms with Gasteiger partial charge in [-0.3, -0.25) is 0 Å². The number of benzene rings is 1. The average molecular weight is 380 g/mol. The Morgan fingerprint density at radius 3 is 2.08 bits per heavy atom. The Labute approximate surface area is 156 Å². The van der Waals surface area contributed by atoms with Crippen LogP contribution in [0.1, 0.15) is 25.7 Å². The second-order valence-electron chi connectivity index (χ2n) is 7.90. The van der Waals surface area contributed by atoms with E-state index >= 15 is 0 Å². The van der Waals surface area contributed by atoms with Crippen molar-refractivity contribution in [2.75, 3.05) is 44.4 Å². The maximum absolute atomic E-state index is 11.6. The van der Waals surface area contributed by atoms with Gasteiger partial charge >= 0.3 is 0 Å². The SMILES string of the molecule is CN1C2CCC1CC(Oc1ccc(N3CCN(S(C)(=O)=O)CC3)cc1)C2. The highest BCUT2D eigenvalue weighted by atomic mass is 32.2. The first kappa shape index (κ1) is 18.1. The number of anilines is 1. The van der Waals surface area contributed by atoms with E-state index in [2.05, 4.69) is 41.1 Å². The van der Waals surface area contributed by atoms with Crippen molar-refractivity contribution in [2.45, 2.75) is 43.9 Å². The fourth-order valence-corrected chi connectivity index (χ4v) is 5.49. The maximum Gasteiger partial charge on any atom is 0.211 e.